The van der Waals surface area contributed by atoms with Gasteiger partial charge in [0.15, 0.2) is 0 Å². The predicted molar refractivity (Wildman–Crippen MR) is 80.7 cm³/mol. The second-order valence-corrected chi connectivity index (χ2v) is 5.31. The molecule has 1 heterocycles. The van der Waals surface area contributed by atoms with Crippen LogP contribution in [0.5, 0.6) is 0 Å². The first-order valence-electron chi connectivity index (χ1n) is 6.26. The zero-order chi connectivity index (χ0) is 14.8. The summed E-state index contributed by atoms with van der Waals surface area (Å²) >= 11 is 3.35. The van der Waals surface area contributed by atoms with E-state index in [9.17, 15) is 4.39 Å². The molecule has 0 fully saturated rings. The second kappa shape index (κ2) is 5.75. The molecular formula is C15H11BrFN3O. The van der Waals surface area contributed by atoms with E-state index in [-0.39, 0.29) is 5.82 Å². The highest BCUT2D eigenvalue weighted by atomic mass is 79.9. The van der Waals surface area contributed by atoms with Crippen molar-refractivity contribution in [2.75, 3.05) is 0 Å². The third-order valence-electron chi connectivity index (χ3n) is 3.00. The number of rotatable bonds is 3. The summed E-state index contributed by atoms with van der Waals surface area (Å²) in [7, 11) is 0. The van der Waals surface area contributed by atoms with Crippen LogP contribution in [-0.2, 0) is 6.54 Å². The normalized spacial score (nSPS) is 10.8. The molecule has 6 heteroatoms. The van der Waals surface area contributed by atoms with E-state index in [1.165, 1.54) is 12.1 Å². The number of halogens is 2. The van der Waals surface area contributed by atoms with Crippen LogP contribution in [0.3, 0.4) is 0 Å². The maximum atomic E-state index is 13.3. The minimum Gasteiger partial charge on any atom is -0.334 e. The van der Waals surface area contributed by atoms with E-state index in [0.29, 0.717) is 28.3 Å². The molecular weight excluding hydrogens is 337 g/mol. The topological polar surface area (TPSA) is 64.9 Å². The quantitative estimate of drug-likeness (QED) is 0.783. The predicted octanol–water partition coefficient (Wildman–Crippen LogP) is 3.76. The average Bonchev–Trinajstić information content (AvgIpc) is 2.99. The molecule has 0 bridgehead atoms. The highest BCUT2D eigenvalue weighted by molar-refractivity contribution is 9.10. The molecule has 2 N–H and O–H groups in total. The summed E-state index contributed by atoms with van der Waals surface area (Å²) in [6.07, 6.45) is 0. The van der Waals surface area contributed by atoms with Crippen molar-refractivity contribution in [1.29, 1.82) is 0 Å². The van der Waals surface area contributed by atoms with Crippen LogP contribution in [-0.4, -0.2) is 10.1 Å². The van der Waals surface area contributed by atoms with Crippen LogP contribution < -0.4 is 5.73 Å². The molecule has 21 heavy (non-hydrogen) atoms. The van der Waals surface area contributed by atoms with Gasteiger partial charge in [-0.1, -0.05) is 33.2 Å². The molecule has 1 aromatic heterocycles. The minimum absolute atomic E-state index is 0.328. The molecule has 4 nitrogen and oxygen atoms in total. The Morgan fingerprint density at radius 2 is 2.05 bits per heavy atom. The molecule has 0 saturated carbocycles. The van der Waals surface area contributed by atoms with Gasteiger partial charge in [-0.2, -0.15) is 4.98 Å². The summed E-state index contributed by atoms with van der Waals surface area (Å²) in [5.41, 5.74) is 7.91. The molecule has 0 radical (unpaired) electrons. The van der Waals surface area contributed by atoms with Gasteiger partial charge in [-0.05, 0) is 35.9 Å². The molecule has 0 aliphatic heterocycles. The first kappa shape index (κ1) is 13.9. The Kier molecular flexibility index (Phi) is 3.81. The Morgan fingerprint density at radius 1 is 1.19 bits per heavy atom. The van der Waals surface area contributed by atoms with Gasteiger partial charge in [-0.15, -0.1) is 0 Å². The third-order valence-corrected chi connectivity index (χ3v) is 3.70. The molecule has 0 unspecified atom stereocenters. The van der Waals surface area contributed by atoms with Crippen LogP contribution in [0.15, 0.2) is 51.5 Å². The van der Waals surface area contributed by atoms with Crippen molar-refractivity contribution in [3.8, 4) is 22.8 Å². The van der Waals surface area contributed by atoms with Gasteiger partial charge in [0.2, 0.25) is 5.82 Å². The lowest BCUT2D eigenvalue weighted by Gasteiger charge is -1.99. The lowest BCUT2D eigenvalue weighted by Crippen LogP contribution is -1.95. The van der Waals surface area contributed by atoms with E-state index < -0.39 is 0 Å². The molecule has 0 aliphatic carbocycles. The maximum Gasteiger partial charge on any atom is 0.258 e. The first-order chi connectivity index (χ1) is 10.2. The Labute approximate surface area is 128 Å². The molecule has 106 valence electrons. The Bertz CT molecular complexity index is 788. The van der Waals surface area contributed by atoms with Crippen molar-refractivity contribution in [3.05, 3.63) is 58.3 Å². The van der Waals surface area contributed by atoms with E-state index >= 15 is 0 Å². The van der Waals surface area contributed by atoms with Crippen LogP contribution in [0.25, 0.3) is 22.8 Å². The number of hydrogen-bond donors (Lipinski definition) is 1. The van der Waals surface area contributed by atoms with Gasteiger partial charge >= 0.3 is 0 Å². The van der Waals surface area contributed by atoms with Crippen molar-refractivity contribution < 1.29 is 8.91 Å². The van der Waals surface area contributed by atoms with Crippen molar-refractivity contribution in [2.24, 2.45) is 5.73 Å². The number of benzene rings is 2. The Balaban J connectivity index is 2.01. The van der Waals surface area contributed by atoms with E-state index in [1.54, 1.807) is 6.07 Å². The summed E-state index contributed by atoms with van der Waals surface area (Å²) in [5, 5.41) is 3.91. The fourth-order valence-electron chi connectivity index (χ4n) is 1.95. The van der Waals surface area contributed by atoms with Gasteiger partial charge in [0, 0.05) is 22.1 Å². The summed E-state index contributed by atoms with van der Waals surface area (Å²) in [5.74, 6) is 0.343. The van der Waals surface area contributed by atoms with E-state index in [1.807, 2.05) is 24.3 Å². The Hall–Kier alpha value is -2.05. The molecule has 2 aromatic carbocycles. The van der Waals surface area contributed by atoms with Crippen LogP contribution in [0, 0.1) is 5.82 Å². The number of aromatic nitrogens is 2. The zero-order valence-corrected chi connectivity index (χ0v) is 12.5. The zero-order valence-electron chi connectivity index (χ0n) is 10.9. The second-order valence-electron chi connectivity index (χ2n) is 4.45. The van der Waals surface area contributed by atoms with Crippen molar-refractivity contribution in [2.45, 2.75) is 6.54 Å². The van der Waals surface area contributed by atoms with Gasteiger partial charge in [-0.3, -0.25) is 0 Å². The van der Waals surface area contributed by atoms with Crippen LogP contribution >= 0.6 is 15.9 Å². The molecule has 0 atom stereocenters. The van der Waals surface area contributed by atoms with E-state index in [2.05, 4.69) is 26.1 Å². The van der Waals surface area contributed by atoms with Gasteiger partial charge in [0.1, 0.15) is 5.82 Å². The van der Waals surface area contributed by atoms with Crippen molar-refractivity contribution >= 4 is 15.9 Å². The standard InChI is InChI=1S/C15H11BrFN3O/c16-13-5-4-11(17)7-12(13)14-19-15(21-20-14)10-3-1-2-9(6-10)8-18/h1-7H,8,18H2. The number of nitrogens with zero attached hydrogens (tertiary/aromatic N) is 2. The van der Waals surface area contributed by atoms with Gasteiger partial charge < -0.3 is 10.3 Å². The fourth-order valence-corrected chi connectivity index (χ4v) is 2.37. The summed E-state index contributed by atoms with van der Waals surface area (Å²) in [6, 6.07) is 11.9. The molecule has 0 amide bonds. The van der Waals surface area contributed by atoms with E-state index in [4.69, 9.17) is 10.3 Å². The molecule has 3 aromatic rings. The largest absolute Gasteiger partial charge is 0.334 e. The van der Waals surface area contributed by atoms with Crippen LogP contribution in [0.1, 0.15) is 5.56 Å². The van der Waals surface area contributed by atoms with Crippen molar-refractivity contribution in [1.82, 2.24) is 10.1 Å². The lowest BCUT2D eigenvalue weighted by molar-refractivity contribution is 0.432. The van der Waals surface area contributed by atoms with E-state index in [0.717, 1.165) is 11.1 Å². The lowest BCUT2D eigenvalue weighted by atomic mass is 10.1. The molecule has 3 rings (SSSR count). The maximum absolute atomic E-state index is 13.3. The van der Waals surface area contributed by atoms with Crippen LogP contribution in [0.2, 0.25) is 0 Å². The minimum atomic E-state index is -0.357. The highest BCUT2D eigenvalue weighted by Gasteiger charge is 2.14. The van der Waals surface area contributed by atoms with Crippen molar-refractivity contribution in [3.63, 3.8) is 0 Å². The SMILES string of the molecule is NCc1cccc(-c2nc(-c3cc(F)ccc3Br)no2)c1. The highest BCUT2D eigenvalue weighted by Crippen LogP contribution is 2.29. The summed E-state index contributed by atoms with van der Waals surface area (Å²) in [6.45, 7) is 0.435. The summed E-state index contributed by atoms with van der Waals surface area (Å²) in [4.78, 5) is 4.31. The fraction of sp³-hybridized carbons (Fsp3) is 0.0667. The molecule has 0 aliphatic rings. The third kappa shape index (κ3) is 2.86. The molecule has 0 spiro atoms. The summed E-state index contributed by atoms with van der Waals surface area (Å²) < 4.78 is 19.3. The first-order valence-corrected chi connectivity index (χ1v) is 7.05. The number of nitrogens with two attached hydrogens (primary N) is 1. The van der Waals surface area contributed by atoms with Crippen LogP contribution in [0.4, 0.5) is 4.39 Å². The van der Waals surface area contributed by atoms with Gasteiger partial charge in [-0.25, -0.2) is 4.39 Å². The molecule has 0 saturated heterocycles. The van der Waals surface area contributed by atoms with Gasteiger partial charge in [0.05, 0.1) is 0 Å². The smallest absolute Gasteiger partial charge is 0.258 e. The average molecular weight is 348 g/mol. The van der Waals surface area contributed by atoms with Gasteiger partial charge in [0.25, 0.3) is 5.89 Å². The number of hydrogen-bond acceptors (Lipinski definition) is 4. The monoisotopic (exact) mass is 347 g/mol. The Morgan fingerprint density at radius 3 is 2.86 bits per heavy atom.